The van der Waals surface area contributed by atoms with Crippen LogP contribution in [0.15, 0.2) is 41.2 Å². The van der Waals surface area contributed by atoms with Gasteiger partial charge in [0.1, 0.15) is 5.75 Å². The summed E-state index contributed by atoms with van der Waals surface area (Å²) in [7, 11) is 2.95. The van der Waals surface area contributed by atoms with Gasteiger partial charge < -0.3 is 24.8 Å². The summed E-state index contributed by atoms with van der Waals surface area (Å²) in [6.45, 7) is -0.0814. The van der Waals surface area contributed by atoms with Gasteiger partial charge in [-0.3, -0.25) is 14.4 Å². The van der Waals surface area contributed by atoms with Crippen LogP contribution in [0.4, 0.5) is 11.4 Å². The van der Waals surface area contributed by atoms with Crippen molar-refractivity contribution in [2.45, 2.75) is 0 Å². The summed E-state index contributed by atoms with van der Waals surface area (Å²) in [6.07, 6.45) is 0. The third-order valence-corrected chi connectivity index (χ3v) is 5.28. The highest BCUT2D eigenvalue weighted by molar-refractivity contribution is 7.12. The summed E-state index contributed by atoms with van der Waals surface area (Å²) in [5, 5.41) is 6.37. The summed E-state index contributed by atoms with van der Waals surface area (Å²) >= 11 is 0.821. The molecule has 0 spiro atoms. The fourth-order valence-corrected chi connectivity index (χ4v) is 3.89. The third kappa shape index (κ3) is 3.47. The molecule has 2 aromatic carbocycles. The van der Waals surface area contributed by atoms with Gasteiger partial charge in [-0.2, -0.15) is 0 Å². The summed E-state index contributed by atoms with van der Waals surface area (Å²) in [5.41, 5.74) is 1.02. The normalized spacial score (nSPS) is 12.6. The first-order valence-electron chi connectivity index (χ1n) is 8.57. The minimum Gasteiger partial charge on any atom is -0.493 e. The highest BCUT2D eigenvalue weighted by Gasteiger charge is 2.19. The molecular weight excluding hydrogens is 396 g/mol. The Hall–Kier alpha value is -3.59. The van der Waals surface area contributed by atoms with Crippen LogP contribution in [-0.4, -0.2) is 32.6 Å². The Bertz CT molecular complexity index is 1200. The summed E-state index contributed by atoms with van der Waals surface area (Å²) < 4.78 is 15.6. The van der Waals surface area contributed by atoms with Crippen molar-refractivity contribution in [2.24, 2.45) is 0 Å². The zero-order chi connectivity index (χ0) is 20.5. The number of anilines is 2. The number of carbonyl (C=O) groups excluding carboxylic acids is 2. The fraction of sp³-hybridized carbons (Fsp3) is 0.150. The van der Waals surface area contributed by atoms with E-state index in [9.17, 15) is 14.4 Å². The lowest BCUT2D eigenvalue weighted by molar-refractivity contribution is -0.118. The highest BCUT2D eigenvalue weighted by Crippen LogP contribution is 2.35. The van der Waals surface area contributed by atoms with Crippen molar-refractivity contribution >= 4 is 45.3 Å². The molecule has 0 radical (unpaired) electrons. The molecular formula is C20H16N2O6S. The molecule has 0 aliphatic carbocycles. The van der Waals surface area contributed by atoms with Gasteiger partial charge >= 0.3 is 0 Å². The van der Waals surface area contributed by atoms with E-state index < -0.39 is 5.91 Å². The SMILES string of the molecule is COc1ccc2cc(C(=O)Nc3ccc4c(c3)OCC(=O)N4)sc(=O)c2c1OC. The van der Waals surface area contributed by atoms with Gasteiger partial charge in [0.15, 0.2) is 18.1 Å². The zero-order valence-electron chi connectivity index (χ0n) is 15.5. The Morgan fingerprint density at radius 1 is 1.14 bits per heavy atom. The van der Waals surface area contributed by atoms with Gasteiger partial charge in [0.25, 0.3) is 11.8 Å². The summed E-state index contributed by atoms with van der Waals surface area (Å²) in [4.78, 5) is 37.0. The van der Waals surface area contributed by atoms with Gasteiger partial charge in [-0.05, 0) is 29.7 Å². The van der Waals surface area contributed by atoms with Crippen molar-refractivity contribution in [3.05, 3.63) is 50.8 Å². The Labute approximate surface area is 169 Å². The van der Waals surface area contributed by atoms with Crippen molar-refractivity contribution in [3.63, 3.8) is 0 Å². The van der Waals surface area contributed by atoms with Crippen molar-refractivity contribution in [2.75, 3.05) is 31.5 Å². The van der Waals surface area contributed by atoms with Gasteiger partial charge in [-0.25, -0.2) is 0 Å². The van der Waals surface area contributed by atoms with Crippen molar-refractivity contribution in [1.82, 2.24) is 0 Å². The second kappa shape index (κ2) is 7.44. The minimum absolute atomic E-state index is 0.0814. The van der Waals surface area contributed by atoms with Crippen LogP contribution in [0.25, 0.3) is 10.8 Å². The van der Waals surface area contributed by atoms with Crippen LogP contribution in [0.1, 0.15) is 9.67 Å². The van der Waals surface area contributed by atoms with Crippen LogP contribution < -0.4 is 29.6 Å². The smallest absolute Gasteiger partial charge is 0.265 e. The first kappa shape index (κ1) is 18.8. The van der Waals surface area contributed by atoms with E-state index in [1.165, 1.54) is 14.2 Å². The standard InChI is InChI=1S/C20H16N2O6S/c1-26-13-6-3-10-7-15(29-20(25)17(10)18(13)27-2)19(24)21-11-4-5-12-14(8-11)28-9-16(23)22-12/h3-8H,9H2,1-2H3,(H,21,24)(H,22,23). The van der Waals surface area contributed by atoms with Gasteiger partial charge in [0.2, 0.25) is 4.74 Å². The van der Waals surface area contributed by atoms with Crippen LogP contribution in [0.2, 0.25) is 0 Å². The van der Waals surface area contributed by atoms with Crippen LogP contribution in [-0.2, 0) is 4.79 Å². The van der Waals surface area contributed by atoms with Gasteiger partial charge in [-0.15, -0.1) is 0 Å². The molecule has 1 aliphatic rings. The molecule has 0 bridgehead atoms. The lowest BCUT2D eigenvalue weighted by Gasteiger charge is -2.18. The van der Waals surface area contributed by atoms with E-state index in [1.54, 1.807) is 36.4 Å². The molecule has 1 aromatic heterocycles. The molecule has 1 aliphatic heterocycles. The predicted molar refractivity (Wildman–Crippen MR) is 110 cm³/mol. The lowest BCUT2D eigenvalue weighted by Crippen LogP contribution is -2.25. The number of amides is 2. The molecule has 2 amide bonds. The molecule has 3 aromatic rings. The number of fused-ring (bicyclic) bond motifs is 2. The number of benzene rings is 2. The molecule has 148 valence electrons. The molecule has 0 saturated carbocycles. The van der Waals surface area contributed by atoms with E-state index in [2.05, 4.69) is 10.6 Å². The maximum absolute atomic E-state index is 12.7. The van der Waals surface area contributed by atoms with Gasteiger partial charge in [0.05, 0.1) is 30.2 Å². The first-order chi connectivity index (χ1) is 14.0. The maximum atomic E-state index is 12.7. The van der Waals surface area contributed by atoms with Gasteiger partial charge in [-0.1, -0.05) is 17.4 Å². The van der Waals surface area contributed by atoms with E-state index in [-0.39, 0.29) is 22.1 Å². The third-order valence-electron chi connectivity index (χ3n) is 4.37. The van der Waals surface area contributed by atoms with Crippen molar-refractivity contribution < 1.29 is 23.8 Å². The monoisotopic (exact) mass is 412 g/mol. The number of rotatable bonds is 4. The summed E-state index contributed by atoms with van der Waals surface area (Å²) in [5.74, 6) is 0.589. The van der Waals surface area contributed by atoms with E-state index in [1.807, 2.05) is 0 Å². The zero-order valence-corrected chi connectivity index (χ0v) is 16.3. The number of carbonyl (C=O) groups is 2. The van der Waals surface area contributed by atoms with Crippen LogP contribution >= 0.6 is 11.3 Å². The molecule has 2 heterocycles. The number of methoxy groups -OCH3 is 2. The number of hydrogen-bond donors (Lipinski definition) is 2. The largest absolute Gasteiger partial charge is 0.493 e. The Morgan fingerprint density at radius 3 is 2.72 bits per heavy atom. The second-order valence-electron chi connectivity index (χ2n) is 6.17. The van der Waals surface area contributed by atoms with E-state index in [0.717, 1.165) is 11.3 Å². The molecule has 0 atom stereocenters. The van der Waals surface area contributed by atoms with Crippen LogP contribution in [0.5, 0.6) is 17.2 Å². The quantitative estimate of drug-likeness (QED) is 0.683. The van der Waals surface area contributed by atoms with E-state index >= 15 is 0 Å². The summed E-state index contributed by atoms with van der Waals surface area (Å²) in [6, 6.07) is 9.92. The molecule has 0 fully saturated rings. The fourth-order valence-electron chi connectivity index (χ4n) is 3.05. The molecule has 4 rings (SSSR count). The molecule has 0 unspecified atom stereocenters. The average Bonchev–Trinajstić information content (AvgIpc) is 2.72. The average molecular weight is 412 g/mol. The topological polar surface area (TPSA) is 103 Å². The van der Waals surface area contributed by atoms with Crippen molar-refractivity contribution in [3.8, 4) is 17.2 Å². The molecule has 8 nitrogen and oxygen atoms in total. The Balaban J connectivity index is 1.66. The molecule has 9 heteroatoms. The number of nitrogens with one attached hydrogen (secondary N) is 2. The second-order valence-corrected chi connectivity index (χ2v) is 7.18. The first-order valence-corrected chi connectivity index (χ1v) is 9.38. The Kier molecular flexibility index (Phi) is 4.81. The van der Waals surface area contributed by atoms with E-state index in [4.69, 9.17) is 14.2 Å². The minimum atomic E-state index is -0.427. The van der Waals surface area contributed by atoms with E-state index in [0.29, 0.717) is 39.4 Å². The molecule has 29 heavy (non-hydrogen) atoms. The maximum Gasteiger partial charge on any atom is 0.265 e. The number of ether oxygens (including phenoxy) is 3. The predicted octanol–water partition coefficient (Wildman–Crippen LogP) is 2.86. The molecule has 2 N–H and O–H groups in total. The van der Waals surface area contributed by atoms with Crippen LogP contribution in [0, 0.1) is 0 Å². The van der Waals surface area contributed by atoms with Crippen molar-refractivity contribution in [1.29, 1.82) is 0 Å². The van der Waals surface area contributed by atoms with Crippen LogP contribution in [0.3, 0.4) is 0 Å². The highest BCUT2D eigenvalue weighted by atomic mass is 32.1. The lowest BCUT2D eigenvalue weighted by atomic mass is 10.1. The number of hydrogen-bond acceptors (Lipinski definition) is 7. The Morgan fingerprint density at radius 2 is 1.97 bits per heavy atom. The van der Waals surface area contributed by atoms with Gasteiger partial charge in [0, 0.05) is 11.8 Å². The molecule has 0 saturated heterocycles.